The van der Waals surface area contributed by atoms with Crippen molar-refractivity contribution in [3.63, 3.8) is 0 Å². The fraction of sp³-hybridized carbons (Fsp3) is 0.222. The first-order chi connectivity index (χ1) is 5.66. The molecule has 0 bridgehead atoms. The Morgan fingerprint density at radius 3 is 2.50 bits per heavy atom. The molecule has 0 fully saturated rings. The molecule has 0 aliphatic heterocycles. The van der Waals surface area contributed by atoms with E-state index in [1.165, 1.54) is 6.07 Å². The van der Waals surface area contributed by atoms with Crippen molar-refractivity contribution in [2.75, 3.05) is 19.0 Å². The summed E-state index contributed by atoms with van der Waals surface area (Å²) in [5.74, 6) is 0.0312. The minimum atomic E-state index is 0.0312. The van der Waals surface area contributed by atoms with E-state index in [0.717, 1.165) is 5.69 Å². The predicted molar refractivity (Wildman–Crippen MR) is 47.1 cm³/mol. The Bertz CT molecular complexity index is 326. The Kier molecular flexibility index (Phi) is 2.20. The Hall–Kier alpha value is -1.69. The molecule has 1 N–H and O–H groups in total. The summed E-state index contributed by atoms with van der Waals surface area (Å²) in [6, 6.07) is 6.96. The standard InChI is InChI=1S/C9H10N2O/c1-11(2)8-4-3-5-9(12)7(8)6-10/h3-5,12H,1-2H3. The number of hydrogen-bond acceptors (Lipinski definition) is 3. The fourth-order valence-electron chi connectivity index (χ4n) is 1.02. The van der Waals surface area contributed by atoms with Crippen LogP contribution in [0.3, 0.4) is 0 Å². The molecule has 1 aromatic rings. The van der Waals surface area contributed by atoms with Gasteiger partial charge in [0.25, 0.3) is 0 Å². The lowest BCUT2D eigenvalue weighted by Gasteiger charge is -2.14. The molecule has 0 spiro atoms. The number of phenols is 1. The van der Waals surface area contributed by atoms with Crippen molar-refractivity contribution in [2.45, 2.75) is 0 Å². The predicted octanol–water partition coefficient (Wildman–Crippen LogP) is 1.33. The van der Waals surface area contributed by atoms with Gasteiger partial charge in [0.1, 0.15) is 17.4 Å². The summed E-state index contributed by atoms with van der Waals surface area (Å²) in [5, 5.41) is 18.0. The summed E-state index contributed by atoms with van der Waals surface area (Å²) in [4.78, 5) is 1.79. The van der Waals surface area contributed by atoms with E-state index in [-0.39, 0.29) is 5.75 Å². The third kappa shape index (κ3) is 1.32. The summed E-state index contributed by atoms with van der Waals surface area (Å²) in [6.07, 6.45) is 0. The van der Waals surface area contributed by atoms with Crippen molar-refractivity contribution in [1.82, 2.24) is 0 Å². The number of nitrogens with zero attached hydrogens (tertiary/aromatic N) is 2. The lowest BCUT2D eigenvalue weighted by Crippen LogP contribution is -2.10. The van der Waals surface area contributed by atoms with Crippen molar-refractivity contribution in [2.24, 2.45) is 0 Å². The lowest BCUT2D eigenvalue weighted by molar-refractivity contribution is 0.473. The van der Waals surface area contributed by atoms with E-state index in [4.69, 9.17) is 5.26 Å². The minimum absolute atomic E-state index is 0.0312. The number of aromatic hydroxyl groups is 1. The number of anilines is 1. The molecule has 1 rings (SSSR count). The molecule has 0 unspecified atom stereocenters. The number of phenolic OH excluding ortho intramolecular Hbond substituents is 1. The van der Waals surface area contributed by atoms with Gasteiger partial charge in [-0.3, -0.25) is 0 Å². The molecule has 0 aliphatic rings. The van der Waals surface area contributed by atoms with Crippen molar-refractivity contribution in [3.8, 4) is 11.8 Å². The van der Waals surface area contributed by atoms with E-state index in [1.54, 1.807) is 17.0 Å². The van der Waals surface area contributed by atoms with Crippen molar-refractivity contribution in [3.05, 3.63) is 23.8 Å². The second-order valence-electron chi connectivity index (χ2n) is 2.68. The second kappa shape index (κ2) is 3.14. The maximum Gasteiger partial charge on any atom is 0.135 e. The average Bonchev–Trinajstić information content (AvgIpc) is 2.03. The van der Waals surface area contributed by atoms with Crippen LogP contribution in [0.1, 0.15) is 5.56 Å². The van der Waals surface area contributed by atoms with Crippen LogP contribution >= 0.6 is 0 Å². The molecule has 1 aromatic carbocycles. The Balaban J connectivity index is 3.30. The van der Waals surface area contributed by atoms with Crippen LogP contribution in [-0.2, 0) is 0 Å². The molecule has 0 saturated heterocycles. The molecule has 0 radical (unpaired) electrons. The number of nitriles is 1. The summed E-state index contributed by atoms with van der Waals surface area (Å²) < 4.78 is 0. The second-order valence-corrected chi connectivity index (χ2v) is 2.68. The van der Waals surface area contributed by atoms with E-state index in [9.17, 15) is 5.11 Å². The molecule has 0 amide bonds. The molecule has 3 heteroatoms. The van der Waals surface area contributed by atoms with Gasteiger partial charge in [-0.1, -0.05) is 6.07 Å². The van der Waals surface area contributed by atoms with Crippen LogP contribution in [0.2, 0.25) is 0 Å². The van der Waals surface area contributed by atoms with Gasteiger partial charge >= 0.3 is 0 Å². The van der Waals surface area contributed by atoms with E-state index >= 15 is 0 Å². The van der Waals surface area contributed by atoms with E-state index in [0.29, 0.717) is 5.56 Å². The summed E-state index contributed by atoms with van der Waals surface area (Å²) >= 11 is 0. The van der Waals surface area contributed by atoms with Gasteiger partial charge < -0.3 is 10.0 Å². The monoisotopic (exact) mass is 162 g/mol. The molecule has 12 heavy (non-hydrogen) atoms. The Morgan fingerprint density at radius 1 is 1.42 bits per heavy atom. The van der Waals surface area contributed by atoms with Crippen molar-refractivity contribution >= 4 is 5.69 Å². The van der Waals surface area contributed by atoms with Gasteiger partial charge in [-0.2, -0.15) is 5.26 Å². The van der Waals surface area contributed by atoms with Crippen LogP contribution in [0.5, 0.6) is 5.75 Å². The number of rotatable bonds is 1. The Labute approximate surface area is 71.5 Å². The normalized spacial score (nSPS) is 9.08. The summed E-state index contributed by atoms with van der Waals surface area (Å²) in [7, 11) is 3.66. The average molecular weight is 162 g/mol. The quantitative estimate of drug-likeness (QED) is 0.677. The highest BCUT2D eigenvalue weighted by Crippen LogP contribution is 2.25. The van der Waals surface area contributed by atoms with Crippen LogP contribution in [0.4, 0.5) is 5.69 Å². The van der Waals surface area contributed by atoms with E-state index in [2.05, 4.69) is 0 Å². The zero-order chi connectivity index (χ0) is 9.14. The number of benzene rings is 1. The van der Waals surface area contributed by atoms with Crippen LogP contribution in [0.15, 0.2) is 18.2 Å². The van der Waals surface area contributed by atoms with Gasteiger partial charge in [-0.25, -0.2) is 0 Å². The number of hydrogen-bond donors (Lipinski definition) is 1. The first-order valence-corrected chi connectivity index (χ1v) is 3.56. The molecular formula is C9H10N2O. The van der Waals surface area contributed by atoms with Crippen LogP contribution in [-0.4, -0.2) is 19.2 Å². The van der Waals surface area contributed by atoms with Crippen molar-refractivity contribution < 1.29 is 5.11 Å². The van der Waals surface area contributed by atoms with Crippen molar-refractivity contribution in [1.29, 1.82) is 5.26 Å². The third-order valence-corrected chi connectivity index (χ3v) is 1.61. The van der Waals surface area contributed by atoms with Gasteiger partial charge in [0, 0.05) is 14.1 Å². The molecule has 3 nitrogen and oxygen atoms in total. The smallest absolute Gasteiger partial charge is 0.135 e. The van der Waals surface area contributed by atoms with Crippen LogP contribution < -0.4 is 4.90 Å². The largest absolute Gasteiger partial charge is 0.506 e. The molecule has 0 aromatic heterocycles. The highest BCUT2D eigenvalue weighted by atomic mass is 16.3. The van der Waals surface area contributed by atoms with Gasteiger partial charge in [-0.05, 0) is 12.1 Å². The van der Waals surface area contributed by atoms with E-state index in [1.807, 2.05) is 20.2 Å². The molecule has 0 aliphatic carbocycles. The molecule has 0 atom stereocenters. The Morgan fingerprint density at radius 2 is 2.08 bits per heavy atom. The molecular weight excluding hydrogens is 152 g/mol. The maximum absolute atomic E-state index is 9.29. The minimum Gasteiger partial charge on any atom is -0.506 e. The first kappa shape index (κ1) is 8.41. The van der Waals surface area contributed by atoms with Gasteiger partial charge in [0.2, 0.25) is 0 Å². The summed E-state index contributed by atoms with van der Waals surface area (Å²) in [5.41, 5.74) is 1.06. The summed E-state index contributed by atoms with van der Waals surface area (Å²) in [6.45, 7) is 0. The highest BCUT2D eigenvalue weighted by molar-refractivity contribution is 5.63. The SMILES string of the molecule is CN(C)c1cccc(O)c1C#N. The molecule has 62 valence electrons. The first-order valence-electron chi connectivity index (χ1n) is 3.56. The topological polar surface area (TPSA) is 47.3 Å². The van der Waals surface area contributed by atoms with Crippen LogP contribution in [0, 0.1) is 11.3 Å². The highest BCUT2D eigenvalue weighted by Gasteiger charge is 2.07. The maximum atomic E-state index is 9.29. The zero-order valence-electron chi connectivity index (χ0n) is 7.07. The molecule has 0 heterocycles. The molecule has 0 saturated carbocycles. The fourth-order valence-corrected chi connectivity index (χ4v) is 1.02. The van der Waals surface area contributed by atoms with Crippen LogP contribution in [0.25, 0.3) is 0 Å². The lowest BCUT2D eigenvalue weighted by atomic mass is 10.1. The van der Waals surface area contributed by atoms with Gasteiger partial charge in [0.05, 0.1) is 5.69 Å². The van der Waals surface area contributed by atoms with Gasteiger partial charge in [-0.15, -0.1) is 0 Å². The zero-order valence-corrected chi connectivity index (χ0v) is 7.07. The van der Waals surface area contributed by atoms with Gasteiger partial charge in [0.15, 0.2) is 0 Å². The van der Waals surface area contributed by atoms with E-state index < -0.39 is 0 Å². The third-order valence-electron chi connectivity index (χ3n) is 1.61.